The lowest BCUT2D eigenvalue weighted by Gasteiger charge is -1.95. The Hall–Kier alpha value is -1.12. The minimum Gasteiger partial charge on any atom is -0.397 e. The molecule has 1 aromatic heterocycles. The van der Waals surface area contributed by atoms with E-state index in [2.05, 4.69) is 10.2 Å². The average molecular weight is 123 g/mol. The van der Waals surface area contributed by atoms with Crippen molar-refractivity contribution in [2.24, 2.45) is 0 Å². The van der Waals surface area contributed by atoms with E-state index in [1.54, 1.807) is 0 Å². The summed E-state index contributed by atoms with van der Waals surface area (Å²) in [5.74, 6) is 0. The summed E-state index contributed by atoms with van der Waals surface area (Å²) in [5.41, 5.74) is 7.88. The molecule has 0 bridgehead atoms. The molecule has 1 aromatic rings. The fourth-order valence-electron chi connectivity index (χ4n) is 0.570. The molecule has 3 nitrogen and oxygen atoms in total. The quantitative estimate of drug-likeness (QED) is 0.551. The summed E-state index contributed by atoms with van der Waals surface area (Å²) in [4.78, 5) is 0. The minimum absolute atomic E-state index is 0.711. The molecular formula is C6H9N3. The third-order valence-electron chi connectivity index (χ3n) is 1.14. The average Bonchev–Trinajstić information content (AvgIpc) is 1.80. The molecule has 1 heterocycles. The Morgan fingerprint density at radius 2 is 2.00 bits per heavy atom. The molecule has 2 N–H and O–H groups in total. The molecule has 0 spiro atoms. The molecule has 0 radical (unpaired) electrons. The van der Waals surface area contributed by atoms with E-state index < -0.39 is 0 Å². The van der Waals surface area contributed by atoms with E-state index in [1.807, 2.05) is 19.9 Å². The Kier molecular flexibility index (Phi) is 1.34. The van der Waals surface area contributed by atoms with Gasteiger partial charge in [0.1, 0.15) is 0 Å². The van der Waals surface area contributed by atoms with Gasteiger partial charge in [0.05, 0.1) is 17.1 Å². The lowest BCUT2D eigenvalue weighted by Crippen LogP contribution is -1.96. The summed E-state index contributed by atoms with van der Waals surface area (Å²) in [6.07, 6.45) is 0. The number of nitrogens with two attached hydrogens (primary N) is 1. The number of hydrogen-bond donors (Lipinski definition) is 1. The maximum atomic E-state index is 5.52. The zero-order chi connectivity index (χ0) is 6.85. The molecule has 0 amide bonds. The Morgan fingerprint density at radius 3 is 2.44 bits per heavy atom. The van der Waals surface area contributed by atoms with E-state index >= 15 is 0 Å². The fraction of sp³-hybridized carbons (Fsp3) is 0.333. The van der Waals surface area contributed by atoms with Gasteiger partial charge in [0.25, 0.3) is 0 Å². The van der Waals surface area contributed by atoms with Gasteiger partial charge < -0.3 is 5.73 Å². The Balaban J connectivity index is 3.17. The number of rotatable bonds is 0. The zero-order valence-electron chi connectivity index (χ0n) is 5.55. The van der Waals surface area contributed by atoms with Crippen molar-refractivity contribution in [1.82, 2.24) is 10.2 Å². The van der Waals surface area contributed by atoms with Crippen LogP contribution in [0.5, 0.6) is 0 Å². The molecule has 3 heteroatoms. The highest BCUT2D eigenvalue weighted by Crippen LogP contribution is 2.04. The van der Waals surface area contributed by atoms with Crippen LogP contribution in [0.25, 0.3) is 0 Å². The summed E-state index contributed by atoms with van der Waals surface area (Å²) in [6, 6.07) is 1.81. The third kappa shape index (κ3) is 1.16. The van der Waals surface area contributed by atoms with E-state index in [4.69, 9.17) is 5.73 Å². The summed E-state index contributed by atoms with van der Waals surface area (Å²) >= 11 is 0. The lowest BCUT2D eigenvalue weighted by atomic mass is 10.3. The molecule has 0 aliphatic rings. The summed E-state index contributed by atoms with van der Waals surface area (Å²) in [5, 5.41) is 7.61. The summed E-state index contributed by atoms with van der Waals surface area (Å²) in [6.45, 7) is 3.70. The monoisotopic (exact) mass is 123 g/mol. The number of hydrogen-bond acceptors (Lipinski definition) is 3. The maximum Gasteiger partial charge on any atom is 0.0829 e. The van der Waals surface area contributed by atoms with Crippen LogP contribution in [0.15, 0.2) is 6.07 Å². The predicted molar refractivity (Wildman–Crippen MR) is 35.9 cm³/mol. The van der Waals surface area contributed by atoms with Crippen molar-refractivity contribution in [2.75, 3.05) is 5.73 Å². The maximum absolute atomic E-state index is 5.52. The number of anilines is 1. The van der Waals surface area contributed by atoms with Crippen molar-refractivity contribution >= 4 is 5.69 Å². The van der Waals surface area contributed by atoms with E-state index in [0.29, 0.717) is 5.69 Å². The van der Waals surface area contributed by atoms with Gasteiger partial charge in [0.2, 0.25) is 0 Å². The van der Waals surface area contributed by atoms with Gasteiger partial charge >= 0.3 is 0 Å². The number of aromatic nitrogens is 2. The molecule has 0 unspecified atom stereocenters. The SMILES string of the molecule is Cc1cc(N)c(C)nn1. The molecule has 0 atom stereocenters. The molecule has 0 saturated heterocycles. The number of nitrogen functional groups attached to an aromatic ring is 1. The smallest absolute Gasteiger partial charge is 0.0829 e. The second-order valence-corrected chi connectivity index (χ2v) is 2.03. The van der Waals surface area contributed by atoms with Gasteiger partial charge in [-0.1, -0.05) is 0 Å². The zero-order valence-corrected chi connectivity index (χ0v) is 5.55. The minimum atomic E-state index is 0.711. The van der Waals surface area contributed by atoms with Gasteiger partial charge in [0, 0.05) is 0 Å². The first kappa shape index (κ1) is 6.01. The second kappa shape index (κ2) is 2.01. The van der Waals surface area contributed by atoms with Crippen LogP contribution in [0.3, 0.4) is 0 Å². The van der Waals surface area contributed by atoms with Crippen molar-refractivity contribution in [3.05, 3.63) is 17.5 Å². The number of nitrogens with zero attached hydrogens (tertiary/aromatic N) is 2. The molecule has 0 saturated carbocycles. The Bertz CT molecular complexity index is 220. The van der Waals surface area contributed by atoms with Crippen LogP contribution in [-0.4, -0.2) is 10.2 Å². The van der Waals surface area contributed by atoms with Gasteiger partial charge in [-0.2, -0.15) is 10.2 Å². The van der Waals surface area contributed by atoms with E-state index in [1.165, 1.54) is 0 Å². The summed E-state index contributed by atoms with van der Waals surface area (Å²) < 4.78 is 0. The lowest BCUT2D eigenvalue weighted by molar-refractivity contribution is 0.945. The van der Waals surface area contributed by atoms with Crippen molar-refractivity contribution in [3.63, 3.8) is 0 Å². The molecule has 0 aliphatic carbocycles. The molecular weight excluding hydrogens is 114 g/mol. The van der Waals surface area contributed by atoms with Crippen LogP contribution in [0, 0.1) is 13.8 Å². The fourth-order valence-corrected chi connectivity index (χ4v) is 0.570. The van der Waals surface area contributed by atoms with E-state index in [0.717, 1.165) is 11.4 Å². The van der Waals surface area contributed by atoms with Crippen LogP contribution in [-0.2, 0) is 0 Å². The first-order chi connectivity index (χ1) is 4.20. The highest BCUT2D eigenvalue weighted by Gasteiger charge is 1.93. The highest BCUT2D eigenvalue weighted by atomic mass is 15.1. The van der Waals surface area contributed by atoms with Gasteiger partial charge in [-0.05, 0) is 19.9 Å². The highest BCUT2D eigenvalue weighted by molar-refractivity contribution is 5.41. The van der Waals surface area contributed by atoms with Gasteiger partial charge in [0.15, 0.2) is 0 Å². The van der Waals surface area contributed by atoms with Gasteiger partial charge in [-0.3, -0.25) is 0 Å². The largest absolute Gasteiger partial charge is 0.397 e. The van der Waals surface area contributed by atoms with Crippen LogP contribution in [0.4, 0.5) is 5.69 Å². The molecule has 48 valence electrons. The number of aryl methyl sites for hydroxylation is 2. The van der Waals surface area contributed by atoms with Gasteiger partial charge in [-0.25, -0.2) is 0 Å². The standard InChI is InChI=1S/C6H9N3/c1-4-3-6(7)5(2)9-8-4/h3H,1-2H3,(H2,7,8). The van der Waals surface area contributed by atoms with Crippen LogP contribution >= 0.6 is 0 Å². The normalized spacial score (nSPS) is 9.56. The Morgan fingerprint density at radius 1 is 1.33 bits per heavy atom. The molecule has 0 aromatic carbocycles. The van der Waals surface area contributed by atoms with Crippen molar-refractivity contribution in [2.45, 2.75) is 13.8 Å². The van der Waals surface area contributed by atoms with Crippen molar-refractivity contribution in [3.8, 4) is 0 Å². The first-order valence-corrected chi connectivity index (χ1v) is 2.76. The molecule has 1 rings (SSSR count). The second-order valence-electron chi connectivity index (χ2n) is 2.03. The molecule has 0 fully saturated rings. The van der Waals surface area contributed by atoms with Crippen LogP contribution in [0.2, 0.25) is 0 Å². The van der Waals surface area contributed by atoms with E-state index in [9.17, 15) is 0 Å². The van der Waals surface area contributed by atoms with Crippen molar-refractivity contribution < 1.29 is 0 Å². The van der Waals surface area contributed by atoms with Gasteiger partial charge in [-0.15, -0.1) is 0 Å². The first-order valence-electron chi connectivity index (χ1n) is 2.76. The Labute approximate surface area is 53.9 Å². The third-order valence-corrected chi connectivity index (χ3v) is 1.14. The predicted octanol–water partition coefficient (Wildman–Crippen LogP) is 0.676. The van der Waals surface area contributed by atoms with Crippen LogP contribution in [0.1, 0.15) is 11.4 Å². The topological polar surface area (TPSA) is 51.8 Å². The van der Waals surface area contributed by atoms with E-state index in [-0.39, 0.29) is 0 Å². The molecule has 0 aliphatic heterocycles. The van der Waals surface area contributed by atoms with Crippen molar-refractivity contribution in [1.29, 1.82) is 0 Å². The summed E-state index contributed by atoms with van der Waals surface area (Å²) in [7, 11) is 0. The molecule has 9 heavy (non-hydrogen) atoms. The van der Waals surface area contributed by atoms with Crippen LogP contribution < -0.4 is 5.73 Å².